The van der Waals surface area contributed by atoms with Gasteiger partial charge in [-0.15, -0.1) is 0 Å². The minimum atomic E-state index is -0.461. The molecule has 1 heterocycles. The van der Waals surface area contributed by atoms with Gasteiger partial charge in [0.1, 0.15) is 50.8 Å². The van der Waals surface area contributed by atoms with E-state index in [-0.39, 0.29) is 5.91 Å². The topological polar surface area (TPSA) is 82.7 Å². The number of esters is 1. The summed E-state index contributed by atoms with van der Waals surface area (Å²) in [5.74, 6) is 1.10. The van der Waals surface area contributed by atoms with Gasteiger partial charge in [-0.2, -0.15) is 0 Å². The number of amides is 1. The number of piperazine rings is 1. The van der Waals surface area contributed by atoms with Gasteiger partial charge in [0.05, 0.1) is 25.5 Å². The monoisotopic (exact) mass is 429 g/mol. The third-order valence-corrected chi connectivity index (χ3v) is 5.47. The molecule has 1 aliphatic heterocycles. The highest BCUT2D eigenvalue weighted by Gasteiger charge is 2.25. The van der Waals surface area contributed by atoms with E-state index in [0.717, 1.165) is 44.2 Å². The van der Waals surface area contributed by atoms with E-state index in [1.807, 2.05) is 24.3 Å². The van der Waals surface area contributed by atoms with Crippen LogP contribution in [0.2, 0.25) is 0 Å². The van der Waals surface area contributed by atoms with E-state index in [2.05, 4.69) is 5.32 Å². The van der Waals surface area contributed by atoms with E-state index in [1.165, 1.54) is 16.9 Å². The highest BCUT2D eigenvalue weighted by Crippen LogP contribution is 2.17. The number of nitrogens with one attached hydrogen (secondary N) is 3. The van der Waals surface area contributed by atoms with E-state index < -0.39 is 5.97 Å². The zero-order valence-corrected chi connectivity index (χ0v) is 18.1. The van der Waals surface area contributed by atoms with Crippen LogP contribution in [0.4, 0.5) is 5.69 Å². The minimum Gasteiger partial charge on any atom is -0.497 e. The second-order valence-electron chi connectivity index (χ2n) is 7.54. The van der Waals surface area contributed by atoms with Crippen molar-refractivity contribution in [1.82, 2.24) is 0 Å². The van der Waals surface area contributed by atoms with Gasteiger partial charge in [0.2, 0.25) is 0 Å². The molecule has 8 nitrogen and oxygen atoms in total. The van der Waals surface area contributed by atoms with Gasteiger partial charge in [-0.1, -0.05) is 12.1 Å². The van der Waals surface area contributed by atoms with Crippen molar-refractivity contribution in [3.8, 4) is 11.5 Å². The Balaban J connectivity index is 1.38. The lowest BCUT2D eigenvalue weighted by atomic mass is 10.2. The number of benzene rings is 2. The molecule has 3 rings (SSSR count). The van der Waals surface area contributed by atoms with Crippen LogP contribution in [0.5, 0.6) is 11.5 Å². The lowest BCUT2D eigenvalue weighted by Gasteiger charge is -2.29. The summed E-state index contributed by atoms with van der Waals surface area (Å²) in [6.07, 6.45) is 0. The molecular weight excluding hydrogens is 398 g/mol. The average Bonchev–Trinajstić information content (AvgIpc) is 2.80. The van der Waals surface area contributed by atoms with Crippen molar-refractivity contribution >= 4 is 17.6 Å². The highest BCUT2D eigenvalue weighted by atomic mass is 16.5. The Bertz CT molecular complexity index is 864. The number of carbonyl (C=O) groups is 2. The lowest BCUT2D eigenvalue weighted by molar-refractivity contribution is -1.01. The Morgan fingerprint density at radius 2 is 1.55 bits per heavy atom. The fourth-order valence-corrected chi connectivity index (χ4v) is 3.67. The summed E-state index contributed by atoms with van der Waals surface area (Å²) < 4.78 is 15.7. The Morgan fingerprint density at radius 3 is 2.23 bits per heavy atom. The van der Waals surface area contributed by atoms with Gasteiger partial charge in [-0.05, 0) is 36.4 Å². The molecule has 8 heteroatoms. The van der Waals surface area contributed by atoms with Crippen molar-refractivity contribution in [3.05, 3.63) is 54.1 Å². The molecule has 31 heavy (non-hydrogen) atoms. The van der Waals surface area contributed by atoms with Crippen LogP contribution in [0.1, 0.15) is 10.4 Å². The SMILES string of the molecule is COC(=O)c1ccccc1NC(=O)C[NH+]1CC[NH+](CCOc2ccc(OC)cc2)CC1. The molecule has 0 saturated carbocycles. The van der Waals surface area contributed by atoms with Gasteiger partial charge in [0, 0.05) is 0 Å². The van der Waals surface area contributed by atoms with Crippen molar-refractivity contribution in [3.63, 3.8) is 0 Å². The molecule has 0 aliphatic carbocycles. The van der Waals surface area contributed by atoms with Crippen LogP contribution in [0, 0.1) is 0 Å². The maximum Gasteiger partial charge on any atom is 0.339 e. The van der Waals surface area contributed by atoms with Crippen LogP contribution in [0.3, 0.4) is 0 Å². The molecule has 0 unspecified atom stereocenters. The first-order chi connectivity index (χ1) is 15.1. The van der Waals surface area contributed by atoms with Gasteiger partial charge in [-0.25, -0.2) is 4.79 Å². The summed E-state index contributed by atoms with van der Waals surface area (Å²) in [7, 11) is 2.97. The standard InChI is InChI=1S/C23H29N3O5/c1-29-18-7-9-19(10-8-18)31-16-15-25-11-13-26(14-12-25)17-22(27)24-21-6-4-3-5-20(21)23(28)30-2/h3-10H,11-17H2,1-2H3,(H,24,27)/p+2. The summed E-state index contributed by atoms with van der Waals surface area (Å²) in [6, 6.07) is 14.5. The molecule has 2 aromatic rings. The molecule has 1 amide bonds. The lowest BCUT2D eigenvalue weighted by Crippen LogP contribution is -3.28. The van der Waals surface area contributed by atoms with Gasteiger partial charge < -0.3 is 29.3 Å². The van der Waals surface area contributed by atoms with Crippen molar-refractivity contribution in [2.24, 2.45) is 0 Å². The number of carbonyl (C=O) groups excluding carboxylic acids is 2. The van der Waals surface area contributed by atoms with E-state index in [9.17, 15) is 9.59 Å². The van der Waals surface area contributed by atoms with Crippen molar-refractivity contribution in [2.45, 2.75) is 0 Å². The van der Waals surface area contributed by atoms with Crippen LogP contribution >= 0.6 is 0 Å². The van der Waals surface area contributed by atoms with Gasteiger partial charge in [0.15, 0.2) is 6.54 Å². The molecular formula is C23H31N3O5+2. The van der Waals surface area contributed by atoms with Gasteiger partial charge in [0.25, 0.3) is 5.91 Å². The van der Waals surface area contributed by atoms with Crippen LogP contribution < -0.4 is 24.6 Å². The smallest absolute Gasteiger partial charge is 0.339 e. The first-order valence-corrected chi connectivity index (χ1v) is 10.5. The quantitative estimate of drug-likeness (QED) is 0.459. The highest BCUT2D eigenvalue weighted by molar-refractivity contribution is 6.01. The molecule has 166 valence electrons. The number of quaternary nitrogens is 2. The second kappa shape index (κ2) is 11.3. The van der Waals surface area contributed by atoms with Crippen LogP contribution in [0.25, 0.3) is 0 Å². The third-order valence-electron chi connectivity index (χ3n) is 5.47. The average molecular weight is 430 g/mol. The maximum atomic E-state index is 12.5. The summed E-state index contributed by atoms with van der Waals surface area (Å²) in [5, 5.41) is 2.85. The Hall–Kier alpha value is -3.10. The van der Waals surface area contributed by atoms with E-state index in [1.54, 1.807) is 31.4 Å². The van der Waals surface area contributed by atoms with Crippen molar-refractivity contribution in [1.29, 1.82) is 0 Å². The largest absolute Gasteiger partial charge is 0.497 e. The summed E-state index contributed by atoms with van der Waals surface area (Å²) in [6.45, 7) is 5.79. The zero-order chi connectivity index (χ0) is 22.1. The molecule has 1 fully saturated rings. The second-order valence-corrected chi connectivity index (χ2v) is 7.54. The summed E-state index contributed by atoms with van der Waals surface area (Å²) >= 11 is 0. The number of ether oxygens (including phenoxy) is 3. The number of hydrogen-bond acceptors (Lipinski definition) is 5. The molecule has 3 N–H and O–H groups in total. The Morgan fingerprint density at radius 1 is 0.903 bits per heavy atom. The van der Waals surface area contributed by atoms with Gasteiger partial charge >= 0.3 is 5.97 Å². The zero-order valence-electron chi connectivity index (χ0n) is 18.1. The molecule has 2 aromatic carbocycles. The predicted octanol–water partition coefficient (Wildman–Crippen LogP) is -0.717. The van der Waals surface area contributed by atoms with E-state index in [0.29, 0.717) is 24.4 Å². The number of methoxy groups -OCH3 is 2. The molecule has 1 aliphatic rings. The summed E-state index contributed by atoms with van der Waals surface area (Å²) in [5.41, 5.74) is 0.846. The first-order valence-electron chi connectivity index (χ1n) is 10.5. The Kier molecular flexibility index (Phi) is 8.26. The van der Waals surface area contributed by atoms with E-state index in [4.69, 9.17) is 14.2 Å². The Labute approximate surface area is 182 Å². The maximum absolute atomic E-state index is 12.5. The number of rotatable bonds is 9. The van der Waals surface area contributed by atoms with Crippen molar-refractivity contribution < 1.29 is 33.6 Å². The predicted molar refractivity (Wildman–Crippen MR) is 116 cm³/mol. The molecule has 0 atom stereocenters. The normalized spacial score (nSPS) is 18.1. The fraction of sp³-hybridized carbons (Fsp3) is 0.391. The van der Waals surface area contributed by atoms with Crippen LogP contribution in [-0.4, -0.2) is 72.0 Å². The minimum absolute atomic E-state index is 0.0994. The molecule has 0 radical (unpaired) electrons. The van der Waals surface area contributed by atoms with Crippen molar-refractivity contribution in [2.75, 3.05) is 65.4 Å². The van der Waals surface area contributed by atoms with Crippen LogP contribution in [0.15, 0.2) is 48.5 Å². The van der Waals surface area contributed by atoms with Gasteiger partial charge in [-0.3, -0.25) is 4.79 Å². The molecule has 0 spiro atoms. The number of hydrogen-bond donors (Lipinski definition) is 3. The number of para-hydroxylation sites is 1. The third kappa shape index (κ3) is 6.70. The fourth-order valence-electron chi connectivity index (χ4n) is 3.67. The molecule has 1 saturated heterocycles. The van der Waals surface area contributed by atoms with E-state index >= 15 is 0 Å². The molecule has 0 bridgehead atoms. The molecule has 0 aromatic heterocycles. The first kappa shape index (κ1) is 22.6. The van der Waals surface area contributed by atoms with Crippen LogP contribution in [-0.2, 0) is 9.53 Å². The summed E-state index contributed by atoms with van der Waals surface area (Å²) in [4.78, 5) is 27.1. The number of anilines is 1.